The van der Waals surface area contributed by atoms with Crippen molar-refractivity contribution in [1.82, 2.24) is 19.9 Å². The predicted molar refractivity (Wildman–Crippen MR) is 115 cm³/mol. The summed E-state index contributed by atoms with van der Waals surface area (Å²) in [6.07, 6.45) is -0.209. The summed E-state index contributed by atoms with van der Waals surface area (Å²) in [6.45, 7) is 6.20. The molecule has 0 saturated carbocycles. The molecular formula is C22H25FN6O2. The molecule has 0 bridgehead atoms. The Kier molecular flexibility index (Phi) is 6.22. The van der Waals surface area contributed by atoms with Crippen molar-refractivity contribution < 1.29 is 14.3 Å². The van der Waals surface area contributed by atoms with E-state index in [1.807, 2.05) is 13.8 Å². The van der Waals surface area contributed by atoms with Gasteiger partial charge in [-0.2, -0.15) is 14.9 Å². The van der Waals surface area contributed by atoms with Crippen molar-refractivity contribution in [3.63, 3.8) is 0 Å². The second-order valence-electron chi connectivity index (χ2n) is 8.14. The minimum Gasteiger partial charge on any atom is -0.387 e. The fraction of sp³-hybridized carbons (Fsp3) is 0.364. The molecule has 0 aliphatic carbocycles. The maximum atomic E-state index is 14.1. The third-order valence-corrected chi connectivity index (χ3v) is 4.67. The Hall–Kier alpha value is -3.51. The fourth-order valence-corrected chi connectivity index (χ4v) is 2.90. The Balaban J connectivity index is 1.98. The third-order valence-electron chi connectivity index (χ3n) is 4.67. The molecule has 1 aromatic carbocycles. The van der Waals surface area contributed by atoms with E-state index in [1.165, 1.54) is 24.6 Å². The first-order valence-corrected chi connectivity index (χ1v) is 9.90. The van der Waals surface area contributed by atoms with Crippen LogP contribution in [-0.2, 0) is 0 Å². The highest BCUT2D eigenvalue weighted by atomic mass is 19.1. The Morgan fingerprint density at radius 2 is 2.00 bits per heavy atom. The molecule has 0 aliphatic heterocycles. The molecule has 8 nitrogen and oxygen atoms in total. The number of rotatable bonds is 7. The van der Waals surface area contributed by atoms with E-state index in [4.69, 9.17) is 5.26 Å². The molecule has 0 fully saturated rings. The Bertz CT molecular complexity index is 1130. The minimum atomic E-state index is -1.62. The fourth-order valence-electron chi connectivity index (χ4n) is 2.90. The first-order valence-electron chi connectivity index (χ1n) is 9.90. The van der Waals surface area contributed by atoms with Gasteiger partial charge in [0.1, 0.15) is 17.6 Å². The average Bonchev–Trinajstić information content (AvgIpc) is 3.15. The third kappa shape index (κ3) is 4.98. The molecule has 1 unspecified atom stereocenters. The van der Waals surface area contributed by atoms with Gasteiger partial charge < -0.3 is 15.7 Å². The molecule has 1 atom stereocenters. The number of nitriles is 1. The zero-order valence-electron chi connectivity index (χ0n) is 17.8. The van der Waals surface area contributed by atoms with Crippen molar-refractivity contribution >= 4 is 17.4 Å². The van der Waals surface area contributed by atoms with Gasteiger partial charge in [-0.15, -0.1) is 0 Å². The molecule has 2 heterocycles. The summed E-state index contributed by atoms with van der Waals surface area (Å²) < 4.78 is 15.6. The van der Waals surface area contributed by atoms with Crippen LogP contribution in [0.4, 0.5) is 10.2 Å². The lowest BCUT2D eigenvalue weighted by atomic mass is 10.0. The van der Waals surface area contributed by atoms with Crippen LogP contribution in [0.15, 0.2) is 36.5 Å². The lowest BCUT2D eigenvalue weighted by molar-refractivity contribution is -0.00177. The number of anilines is 1. The van der Waals surface area contributed by atoms with Crippen molar-refractivity contribution in [2.75, 3.05) is 11.9 Å². The number of alkyl halides is 1. The van der Waals surface area contributed by atoms with Crippen LogP contribution in [0, 0.1) is 11.3 Å². The number of carbonyl (C=O) groups is 1. The van der Waals surface area contributed by atoms with Crippen LogP contribution in [0.25, 0.3) is 16.9 Å². The number of aliphatic hydroxyl groups is 1. The van der Waals surface area contributed by atoms with Gasteiger partial charge in [-0.1, -0.05) is 12.1 Å². The van der Waals surface area contributed by atoms with Crippen molar-refractivity contribution in [1.29, 1.82) is 5.26 Å². The molecule has 0 spiro atoms. The smallest absolute Gasteiger partial charge is 0.256 e. The van der Waals surface area contributed by atoms with Crippen LogP contribution < -0.4 is 10.6 Å². The Labute approximate surface area is 179 Å². The van der Waals surface area contributed by atoms with Crippen LogP contribution in [0.1, 0.15) is 43.6 Å². The number of carbonyl (C=O) groups excluding carboxylic acids is 1. The number of hydrogen-bond donors (Lipinski definition) is 3. The Morgan fingerprint density at radius 1 is 1.32 bits per heavy atom. The van der Waals surface area contributed by atoms with Crippen molar-refractivity contribution in [3.8, 4) is 17.3 Å². The molecule has 1 amide bonds. The van der Waals surface area contributed by atoms with Gasteiger partial charge in [-0.3, -0.25) is 4.79 Å². The number of aromatic nitrogens is 3. The van der Waals surface area contributed by atoms with E-state index in [0.717, 1.165) is 5.56 Å². The Morgan fingerprint density at radius 3 is 2.58 bits per heavy atom. The molecule has 3 aromatic rings. The molecule has 31 heavy (non-hydrogen) atoms. The number of hydrogen-bond acceptors (Lipinski definition) is 6. The second-order valence-corrected chi connectivity index (χ2v) is 8.14. The second kappa shape index (κ2) is 8.70. The summed E-state index contributed by atoms with van der Waals surface area (Å²) in [7, 11) is 0. The molecule has 0 radical (unpaired) electrons. The van der Waals surface area contributed by atoms with Crippen molar-refractivity contribution in [3.05, 3.63) is 47.7 Å². The number of benzene rings is 1. The molecule has 162 valence electrons. The van der Waals surface area contributed by atoms with Crippen LogP contribution in [-0.4, -0.2) is 50.0 Å². The largest absolute Gasteiger partial charge is 0.387 e. The number of nitrogens with one attached hydrogen (secondary N) is 2. The summed E-state index contributed by atoms with van der Waals surface area (Å²) in [5.74, 6) is -0.101. The van der Waals surface area contributed by atoms with Crippen LogP contribution in [0.5, 0.6) is 0 Å². The zero-order chi connectivity index (χ0) is 22.8. The van der Waals surface area contributed by atoms with E-state index in [2.05, 4.69) is 26.8 Å². The van der Waals surface area contributed by atoms with Crippen LogP contribution in [0.2, 0.25) is 0 Å². The predicted octanol–water partition coefficient (Wildman–Crippen LogP) is 2.93. The standard InChI is InChI=1S/C22H25FN6O2/c1-13(2)27-20-16(21(30)26-12-18(23)22(3,4)31)11-25-19-9-17(28-29(19)20)15-7-5-14(10-24)6-8-15/h5-9,11,13,18,27,31H,12H2,1-4H3,(H,26,30). The van der Waals surface area contributed by atoms with Crippen LogP contribution >= 0.6 is 0 Å². The van der Waals surface area contributed by atoms with E-state index < -0.39 is 17.7 Å². The van der Waals surface area contributed by atoms with E-state index >= 15 is 0 Å². The van der Waals surface area contributed by atoms with Gasteiger partial charge >= 0.3 is 0 Å². The average molecular weight is 424 g/mol. The molecule has 3 rings (SSSR count). The van der Waals surface area contributed by atoms with Gasteiger partial charge in [0, 0.05) is 23.9 Å². The first-order chi connectivity index (χ1) is 14.6. The lowest BCUT2D eigenvalue weighted by Crippen LogP contribution is -2.42. The number of fused-ring (bicyclic) bond motifs is 1. The van der Waals surface area contributed by atoms with Gasteiger partial charge in [0.2, 0.25) is 0 Å². The van der Waals surface area contributed by atoms with Gasteiger partial charge in [-0.25, -0.2) is 9.37 Å². The molecular weight excluding hydrogens is 399 g/mol. The summed E-state index contributed by atoms with van der Waals surface area (Å²) >= 11 is 0. The number of nitrogens with zero attached hydrogens (tertiary/aromatic N) is 4. The zero-order valence-corrected chi connectivity index (χ0v) is 17.8. The SMILES string of the molecule is CC(C)Nc1c(C(=O)NCC(F)C(C)(C)O)cnc2cc(-c3ccc(C#N)cc3)nn12. The van der Waals surface area contributed by atoms with Gasteiger partial charge in [0.05, 0.1) is 29.5 Å². The van der Waals surface area contributed by atoms with E-state index in [9.17, 15) is 14.3 Å². The lowest BCUT2D eigenvalue weighted by Gasteiger charge is -2.22. The topological polar surface area (TPSA) is 115 Å². The molecule has 2 aromatic heterocycles. The quantitative estimate of drug-likeness (QED) is 0.537. The number of amides is 1. The first kappa shape index (κ1) is 22.2. The molecule has 0 aliphatic rings. The van der Waals surface area contributed by atoms with Gasteiger partial charge in [-0.05, 0) is 39.8 Å². The summed E-state index contributed by atoms with van der Waals surface area (Å²) in [5.41, 5.74) is 1.15. The summed E-state index contributed by atoms with van der Waals surface area (Å²) in [6, 6.07) is 10.8. The highest BCUT2D eigenvalue weighted by Crippen LogP contribution is 2.24. The number of halogens is 1. The highest BCUT2D eigenvalue weighted by molar-refractivity contribution is 5.99. The molecule has 3 N–H and O–H groups in total. The summed E-state index contributed by atoms with van der Waals surface area (Å²) in [5, 5.41) is 29.0. The van der Waals surface area contributed by atoms with Crippen LogP contribution in [0.3, 0.4) is 0 Å². The maximum absolute atomic E-state index is 14.1. The molecule has 0 saturated heterocycles. The van der Waals surface area contributed by atoms with Crippen molar-refractivity contribution in [2.45, 2.75) is 45.5 Å². The monoisotopic (exact) mass is 424 g/mol. The summed E-state index contributed by atoms with van der Waals surface area (Å²) in [4.78, 5) is 17.1. The normalized spacial score (nSPS) is 12.6. The molecule has 9 heteroatoms. The van der Waals surface area contributed by atoms with Gasteiger partial charge in [0.25, 0.3) is 5.91 Å². The minimum absolute atomic E-state index is 0.00925. The van der Waals surface area contributed by atoms with E-state index in [1.54, 1.807) is 30.3 Å². The van der Waals surface area contributed by atoms with E-state index in [-0.39, 0.29) is 18.2 Å². The highest BCUT2D eigenvalue weighted by Gasteiger charge is 2.27. The van der Waals surface area contributed by atoms with E-state index in [0.29, 0.717) is 22.7 Å². The van der Waals surface area contributed by atoms with Crippen molar-refractivity contribution in [2.24, 2.45) is 0 Å². The van der Waals surface area contributed by atoms with Gasteiger partial charge in [0.15, 0.2) is 5.65 Å². The maximum Gasteiger partial charge on any atom is 0.256 e.